The van der Waals surface area contributed by atoms with E-state index < -0.39 is 32.6 Å². The summed E-state index contributed by atoms with van der Waals surface area (Å²) in [7, 11) is -3.54. The van der Waals surface area contributed by atoms with E-state index in [0.717, 1.165) is 13.2 Å². The fourth-order valence-corrected chi connectivity index (χ4v) is 2.69. The number of benzene rings is 2. The zero-order chi connectivity index (χ0) is 16.3. The Morgan fingerprint density at radius 3 is 2.45 bits per heavy atom. The van der Waals surface area contributed by atoms with Crippen LogP contribution in [0.15, 0.2) is 47.4 Å². The number of rotatable bonds is 4. The molecule has 0 saturated heterocycles. The highest BCUT2D eigenvalue weighted by atomic mass is 32.2. The summed E-state index contributed by atoms with van der Waals surface area (Å²) in [6.07, 6.45) is 0. The molecule has 0 aliphatic heterocycles. The van der Waals surface area contributed by atoms with E-state index in [1.54, 1.807) is 0 Å². The number of halogens is 2. The summed E-state index contributed by atoms with van der Waals surface area (Å²) in [5, 5.41) is 0. The van der Waals surface area contributed by atoms with Crippen molar-refractivity contribution in [1.82, 2.24) is 0 Å². The van der Waals surface area contributed by atoms with E-state index in [9.17, 15) is 22.0 Å². The second-order valence-corrected chi connectivity index (χ2v) is 5.61. The molecule has 5 nitrogen and oxygen atoms in total. The predicted octanol–water partition coefficient (Wildman–Crippen LogP) is 2.52. The van der Waals surface area contributed by atoms with Crippen LogP contribution in [0.2, 0.25) is 0 Å². The molecule has 8 heteroatoms. The van der Waals surface area contributed by atoms with Gasteiger partial charge in [-0.15, -0.1) is 0 Å². The van der Waals surface area contributed by atoms with Crippen LogP contribution in [0.25, 0.3) is 0 Å². The summed E-state index contributed by atoms with van der Waals surface area (Å²) in [6.45, 7) is 0. The van der Waals surface area contributed by atoms with Crippen LogP contribution in [0, 0.1) is 11.6 Å². The molecule has 2 aromatic rings. The van der Waals surface area contributed by atoms with E-state index in [0.29, 0.717) is 12.1 Å². The topological polar surface area (TPSA) is 69.7 Å². The number of para-hydroxylation sites is 1. The minimum atomic E-state index is -4.65. The van der Waals surface area contributed by atoms with Gasteiger partial charge in [-0.25, -0.2) is 13.6 Å². The first kappa shape index (κ1) is 15.9. The Bertz CT molecular complexity index is 818. The summed E-state index contributed by atoms with van der Waals surface area (Å²) in [5.74, 6) is -3.29. The Kier molecular flexibility index (Phi) is 4.41. The second-order valence-electron chi connectivity index (χ2n) is 4.10. The highest BCUT2D eigenvalue weighted by molar-refractivity contribution is 7.87. The highest BCUT2D eigenvalue weighted by Crippen LogP contribution is 2.25. The van der Waals surface area contributed by atoms with Gasteiger partial charge in [-0.2, -0.15) is 8.42 Å². The SMILES string of the molecule is COC(=O)c1ccccc1OS(=O)(=O)c1cc(F)ccc1F. The third kappa shape index (κ3) is 3.22. The standard InChI is InChI=1S/C14H10F2O5S/c1-20-14(17)10-4-2-3-5-12(10)21-22(18,19)13-8-9(15)6-7-11(13)16/h2-8H,1H3. The zero-order valence-corrected chi connectivity index (χ0v) is 12.1. The molecule has 0 unspecified atom stereocenters. The smallest absolute Gasteiger partial charge is 0.342 e. The number of esters is 1. The maximum atomic E-state index is 13.6. The number of carbonyl (C=O) groups is 1. The minimum absolute atomic E-state index is 0.162. The van der Waals surface area contributed by atoms with Crippen LogP contribution in [0.1, 0.15) is 10.4 Å². The molecule has 0 fully saturated rings. The Morgan fingerprint density at radius 1 is 1.09 bits per heavy atom. The van der Waals surface area contributed by atoms with Crippen molar-refractivity contribution in [3.05, 3.63) is 59.7 Å². The summed E-state index contributed by atoms with van der Waals surface area (Å²) < 4.78 is 60.0. The van der Waals surface area contributed by atoms with Crippen molar-refractivity contribution in [2.45, 2.75) is 4.90 Å². The lowest BCUT2D eigenvalue weighted by Crippen LogP contribution is -2.14. The van der Waals surface area contributed by atoms with E-state index in [4.69, 9.17) is 4.18 Å². The van der Waals surface area contributed by atoms with Gasteiger partial charge >= 0.3 is 16.1 Å². The number of methoxy groups -OCH3 is 1. The first-order valence-corrected chi connectivity index (χ1v) is 7.33. The predicted molar refractivity (Wildman–Crippen MR) is 72.0 cm³/mol. The normalized spacial score (nSPS) is 11.0. The minimum Gasteiger partial charge on any atom is -0.465 e. The Hall–Kier alpha value is -2.48. The maximum absolute atomic E-state index is 13.6. The zero-order valence-electron chi connectivity index (χ0n) is 11.2. The molecule has 0 aliphatic carbocycles. The molecule has 0 saturated carbocycles. The fraction of sp³-hybridized carbons (Fsp3) is 0.0714. The first-order valence-electron chi connectivity index (χ1n) is 5.92. The molecular weight excluding hydrogens is 318 g/mol. The van der Waals surface area contributed by atoms with Crippen molar-refractivity contribution in [2.24, 2.45) is 0 Å². The molecule has 22 heavy (non-hydrogen) atoms. The number of hydrogen-bond donors (Lipinski definition) is 0. The van der Waals surface area contributed by atoms with Gasteiger partial charge in [-0.3, -0.25) is 0 Å². The quantitative estimate of drug-likeness (QED) is 0.637. The summed E-state index contributed by atoms with van der Waals surface area (Å²) >= 11 is 0. The van der Waals surface area contributed by atoms with Gasteiger partial charge in [-0.05, 0) is 30.3 Å². The highest BCUT2D eigenvalue weighted by Gasteiger charge is 2.25. The average molecular weight is 328 g/mol. The van der Waals surface area contributed by atoms with Gasteiger partial charge in [0.05, 0.1) is 7.11 Å². The van der Waals surface area contributed by atoms with Gasteiger partial charge < -0.3 is 8.92 Å². The lowest BCUT2D eigenvalue weighted by atomic mass is 10.2. The monoisotopic (exact) mass is 328 g/mol. The van der Waals surface area contributed by atoms with Gasteiger partial charge in [0.2, 0.25) is 0 Å². The van der Waals surface area contributed by atoms with Crippen LogP contribution in [-0.4, -0.2) is 21.5 Å². The van der Waals surface area contributed by atoms with E-state index >= 15 is 0 Å². The second kappa shape index (κ2) is 6.10. The van der Waals surface area contributed by atoms with Crippen LogP contribution in [0.5, 0.6) is 5.75 Å². The molecule has 0 aromatic heterocycles. The van der Waals surface area contributed by atoms with Crippen LogP contribution < -0.4 is 4.18 Å². The van der Waals surface area contributed by atoms with Crippen molar-refractivity contribution >= 4 is 16.1 Å². The molecule has 0 aliphatic rings. The summed E-state index contributed by atoms with van der Waals surface area (Å²) in [5.41, 5.74) is -0.162. The summed E-state index contributed by atoms with van der Waals surface area (Å²) in [6, 6.07) is 7.29. The van der Waals surface area contributed by atoms with Crippen LogP contribution in [0.3, 0.4) is 0 Å². The lowest BCUT2D eigenvalue weighted by molar-refractivity contribution is 0.0599. The fourth-order valence-electron chi connectivity index (χ4n) is 1.65. The van der Waals surface area contributed by atoms with Crippen molar-refractivity contribution in [1.29, 1.82) is 0 Å². The van der Waals surface area contributed by atoms with Crippen molar-refractivity contribution < 1.29 is 30.9 Å². The third-order valence-corrected chi connectivity index (χ3v) is 3.90. The van der Waals surface area contributed by atoms with Crippen molar-refractivity contribution in [3.63, 3.8) is 0 Å². The summed E-state index contributed by atoms with van der Waals surface area (Å²) in [4.78, 5) is 10.6. The van der Waals surface area contributed by atoms with Gasteiger partial charge in [-0.1, -0.05) is 12.1 Å². The Balaban J connectivity index is 2.46. The largest absolute Gasteiger partial charge is 0.465 e. The number of hydrogen-bond acceptors (Lipinski definition) is 5. The molecule has 0 amide bonds. The van der Waals surface area contributed by atoms with Gasteiger partial charge in [0, 0.05) is 0 Å². The maximum Gasteiger partial charge on any atom is 0.342 e. The molecule has 0 spiro atoms. The van der Waals surface area contributed by atoms with Gasteiger partial charge in [0.15, 0.2) is 5.75 Å². The van der Waals surface area contributed by atoms with E-state index in [1.807, 2.05) is 0 Å². The lowest BCUT2D eigenvalue weighted by Gasteiger charge is -2.10. The van der Waals surface area contributed by atoms with Crippen LogP contribution in [0.4, 0.5) is 8.78 Å². The Morgan fingerprint density at radius 2 is 1.77 bits per heavy atom. The van der Waals surface area contributed by atoms with Crippen LogP contribution in [-0.2, 0) is 14.9 Å². The molecule has 2 rings (SSSR count). The van der Waals surface area contributed by atoms with Gasteiger partial charge in [0.25, 0.3) is 0 Å². The number of ether oxygens (including phenoxy) is 1. The first-order chi connectivity index (χ1) is 10.3. The van der Waals surface area contributed by atoms with Crippen molar-refractivity contribution in [2.75, 3.05) is 7.11 Å². The van der Waals surface area contributed by atoms with Gasteiger partial charge in [0.1, 0.15) is 22.1 Å². The van der Waals surface area contributed by atoms with Crippen molar-refractivity contribution in [3.8, 4) is 5.75 Å². The van der Waals surface area contributed by atoms with E-state index in [1.165, 1.54) is 24.3 Å². The van der Waals surface area contributed by atoms with E-state index in [2.05, 4.69) is 4.74 Å². The molecule has 0 heterocycles. The van der Waals surface area contributed by atoms with E-state index in [-0.39, 0.29) is 11.3 Å². The molecule has 116 valence electrons. The molecular formula is C14H10F2O5S. The molecule has 0 N–H and O–H groups in total. The average Bonchev–Trinajstić information content (AvgIpc) is 2.49. The Labute approximate surface area is 125 Å². The number of carbonyl (C=O) groups excluding carboxylic acids is 1. The molecule has 2 aromatic carbocycles. The third-order valence-electron chi connectivity index (χ3n) is 2.65. The molecule has 0 atom stereocenters. The molecule has 0 radical (unpaired) electrons. The van der Waals surface area contributed by atoms with Crippen LogP contribution >= 0.6 is 0 Å². The molecule has 0 bridgehead atoms.